The Morgan fingerprint density at radius 2 is 1.94 bits per heavy atom. The summed E-state index contributed by atoms with van der Waals surface area (Å²) in [6, 6.07) is 0. The third kappa shape index (κ3) is 4.67. The minimum absolute atomic E-state index is 0.0159. The molecule has 0 bridgehead atoms. The highest BCUT2D eigenvalue weighted by Gasteiger charge is 2.40. The molecule has 0 amide bonds. The van der Waals surface area contributed by atoms with E-state index >= 15 is 0 Å². The summed E-state index contributed by atoms with van der Waals surface area (Å²) >= 11 is 0. The number of ether oxygens (including phenoxy) is 2. The van der Waals surface area contributed by atoms with Crippen molar-refractivity contribution in [2.75, 3.05) is 26.4 Å². The first-order chi connectivity index (χ1) is 7.54. The molecule has 0 saturated carbocycles. The molecule has 1 atom stereocenters. The van der Waals surface area contributed by atoms with Gasteiger partial charge in [0.15, 0.2) is 6.10 Å². The normalized spacial score (nSPS) is 21.0. The largest absolute Gasteiger partial charge is 0.414 e. The molecule has 0 radical (unpaired) electrons. The zero-order valence-electron chi connectivity index (χ0n) is 9.13. The summed E-state index contributed by atoms with van der Waals surface area (Å²) in [7, 11) is 0. The van der Waals surface area contributed by atoms with E-state index in [0.29, 0.717) is 13.2 Å². The first kappa shape index (κ1) is 13.7. The monoisotopic (exact) mass is 241 g/mol. The highest BCUT2D eigenvalue weighted by atomic mass is 19.4. The van der Waals surface area contributed by atoms with E-state index in [0.717, 1.165) is 12.8 Å². The zero-order valence-corrected chi connectivity index (χ0v) is 9.13. The van der Waals surface area contributed by atoms with Crippen molar-refractivity contribution in [3.8, 4) is 0 Å². The lowest BCUT2D eigenvalue weighted by atomic mass is 10.0. The van der Waals surface area contributed by atoms with E-state index in [2.05, 4.69) is 0 Å². The molecule has 1 aliphatic rings. The van der Waals surface area contributed by atoms with Crippen molar-refractivity contribution in [1.82, 2.24) is 0 Å². The van der Waals surface area contributed by atoms with Gasteiger partial charge in [0.25, 0.3) is 0 Å². The van der Waals surface area contributed by atoms with Gasteiger partial charge in [0.2, 0.25) is 0 Å². The fourth-order valence-corrected chi connectivity index (χ4v) is 1.66. The quantitative estimate of drug-likeness (QED) is 0.797. The Morgan fingerprint density at radius 1 is 1.31 bits per heavy atom. The molecule has 3 nitrogen and oxygen atoms in total. The van der Waals surface area contributed by atoms with Crippen molar-refractivity contribution in [2.24, 2.45) is 11.7 Å². The van der Waals surface area contributed by atoms with Crippen LogP contribution < -0.4 is 5.73 Å². The van der Waals surface area contributed by atoms with Crippen LogP contribution in [0.5, 0.6) is 0 Å². The Kier molecular flexibility index (Phi) is 5.51. The molecule has 1 aliphatic heterocycles. The summed E-state index contributed by atoms with van der Waals surface area (Å²) in [6.07, 6.45) is -4.67. The van der Waals surface area contributed by atoms with Crippen molar-refractivity contribution in [3.05, 3.63) is 0 Å². The van der Waals surface area contributed by atoms with Crippen LogP contribution in [-0.2, 0) is 9.47 Å². The van der Waals surface area contributed by atoms with Gasteiger partial charge in [-0.1, -0.05) is 0 Å². The molecule has 1 heterocycles. The molecule has 0 aromatic rings. The van der Waals surface area contributed by atoms with Gasteiger partial charge in [0, 0.05) is 13.2 Å². The van der Waals surface area contributed by atoms with Gasteiger partial charge < -0.3 is 15.2 Å². The van der Waals surface area contributed by atoms with E-state index in [-0.39, 0.29) is 25.5 Å². The lowest BCUT2D eigenvalue weighted by molar-refractivity contribution is -0.225. The fourth-order valence-electron chi connectivity index (χ4n) is 1.66. The first-order valence-electron chi connectivity index (χ1n) is 5.50. The van der Waals surface area contributed by atoms with Gasteiger partial charge in [0.05, 0.1) is 6.61 Å². The lowest BCUT2D eigenvalue weighted by Gasteiger charge is -2.26. The van der Waals surface area contributed by atoms with Gasteiger partial charge in [-0.15, -0.1) is 0 Å². The van der Waals surface area contributed by atoms with Crippen molar-refractivity contribution in [3.63, 3.8) is 0 Å². The average Bonchev–Trinajstić information content (AvgIpc) is 2.24. The summed E-state index contributed by atoms with van der Waals surface area (Å²) < 4.78 is 47.4. The van der Waals surface area contributed by atoms with Crippen LogP contribution in [0.25, 0.3) is 0 Å². The smallest absolute Gasteiger partial charge is 0.381 e. The number of halogens is 3. The summed E-state index contributed by atoms with van der Waals surface area (Å²) in [5.41, 5.74) is 5.13. The highest BCUT2D eigenvalue weighted by Crippen LogP contribution is 2.26. The molecule has 2 N–H and O–H groups in total. The minimum Gasteiger partial charge on any atom is -0.381 e. The summed E-state index contributed by atoms with van der Waals surface area (Å²) in [5.74, 6) is 0.177. The number of rotatable bonds is 5. The molecule has 0 aromatic carbocycles. The van der Waals surface area contributed by atoms with Crippen LogP contribution in [0, 0.1) is 5.92 Å². The Labute approximate surface area is 93.1 Å². The maximum absolute atomic E-state index is 12.5. The van der Waals surface area contributed by atoms with E-state index in [1.165, 1.54) is 0 Å². The second-order valence-corrected chi connectivity index (χ2v) is 4.00. The van der Waals surface area contributed by atoms with E-state index in [1.54, 1.807) is 0 Å². The van der Waals surface area contributed by atoms with Gasteiger partial charge in [-0.2, -0.15) is 13.2 Å². The van der Waals surface area contributed by atoms with Gasteiger partial charge >= 0.3 is 6.18 Å². The predicted molar refractivity (Wildman–Crippen MR) is 53.0 cm³/mol. The van der Waals surface area contributed by atoms with Crippen LogP contribution in [0.4, 0.5) is 13.2 Å². The fraction of sp³-hybridized carbons (Fsp3) is 1.00. The van der Waals surface area contributed by atoms with Crippen LogP contribution in [0.15, 0.2) is 0 Å². The maximum Gasteiger partial charge on any atom is 0.414 e. The second kappa shape index (κ2) is 6.42. The molecule has 0 aromatic heterocycles. The molecule has 1 unspecified atom stereocenters. The maximum atomic E-state index is 12.5. The third-order valence-corrected chi connectivity index (χ3v) is 2.67. The van der Waals surface area contributed by atoms with Crippen molar-refractivity contribution in [1.29, 1.82) is 0 Å². The topological polar surface area (TPSA) is 44.5 Å². The molecule has 96 valence electrons. The Hall–Kier alpha value is -0.330. The molecule has 1 saturated heterocycles. The molecule has 1 rings (SSSR count). The molecule has 0 spiro atoms. The van der Waals surface area contributed by atoms with Crippen molar-refractivity contribution >= 4 is 0 Å². The second-order valence-electron chi connectivity index (χ2n) is 4.00. The predicted octanol–water partition coefficient (Wildman–Crippen LogP) is 1.71. The van der Waals surface area contributed by atoms with E-state index < -0.39 is 12.3 Å². The van der Waals surface area contributed by atoms with Gasteiger partial charge in [-0.25, -0.2) is 0 Å². The lowest BCUT2D eigenvalue weighted by Crippen LogP contribution is -2.35. The number of hydrogen-bond donors (Lipinski definition) is 1. The minimum atomic E-state index is -4.31. The van der Waals surface area contributed by atoms with Crippen LogP contribution >= 0.6 is 0 Å². The highest BCUT2D eigenvalue weighted by molar-refractivity contribution is 4.70. The molecule has 1 fully saturated rings. The van der Waals surface area contributed by atoms with Crippen LogP contribution in [0.2, 0.25) is 0 Å². The van der Waals surface area contributed by atoms with Crippen LogP contribution in [0.1, 0.15) is 19.3 Å². The third-order valence-electron chi connectivity index (χ3n) is 2.67. The molecular formula is C10H18F3NO2. The van der Waals surface area contributed by atoms with Crippen molar-refractivity contribution in [2.45, 2.75) is 31.5 Å². The summed E-state index contributed by atoms with van der Waals surface area (Å²) in [5, 5.41) is 0. The van der Waals surface area contributed by atoms with Crippen molar-refractivity contribution < 1.29 is 22.6 Å². The van der Waals surface area contributed by atoms with E-state index in [1.807, 2.05) is 0 Å². The van der Waals surface area contributed by atoms with Gasteiger partial charge in [-0.05, 0) is 31.7 Å². The van der Waals surface area contributed by atoms with Crippen LogP contribution in [-0.4, -0.2) is 38.6 Å². The average molecular weight is 241 g/mol. The molecule has 16 heavy (non-hydrogen) atoms. The number of hydrogen-bond acceptors (Lipinski definition) is 3. The Bertz CT molecular complexity index is 193. The van der Waals surface area contributed by atoms with E-state index in [9.17, 15) is 13.2 Å². The van der Waals surface area contributed by atoms with Crippen LogP contribution in [0.3, 0.4) is 0 Å². The number of alkyl halides is 3. The summed E-state index contributed by atoms with van der Waals surface area (Å²) in [4.78, 5) is 0. The SMILES string of the molecule is NCCC(OCC1CCOCC1)C(F)(F)F. The van der Waals surface area contributed by atoms with Gasteiger partial charge in [-0.3, -0.25) is 0 Å². The van der Waals surface area contributed by atoms with E-state index in [4.69, 9.17) is 15.2 Å². The zero-order chi connectivity index (χ0) is 12.0. The first-order valence-corrected chi connectivity index (χ1v) is 5.50. The molecular weight excluding hydrogens is 223 g/mol. The Balaban J connectivity index is 2.31. The standard InChI is InChI=1S/C10H18F3NO2/c11-10(12,13)9(1-4-14)16-7-8-2-5-15-6-3-8/h8-9H,1-7,14H2. The van der Waals surface area contributed by atoms with Gasteiger partial charge in [0.1, 0.15) is 0 Å². The summed E-state index contributed by atoms with van der Waals surface area (Å²) in [6.45, 7) is 1.36. The molecule has 6 heteroatoms. The Morgan fingerprint density at radius 3 is 2.44 bits per heavy atom. The number of nitrogens with two attached hydrogens (primary N) is 1. The molecule has 0 aliphatic carbocycles.